The predicted octanol–water partition coefficient (Wildman–Crippen LogP) is 3.03. The molecule has 1 saturated heterocycles. The number of amides is 1. The lowest BCUT2D eigenvalue weighted by Crippen LogP contribution is -2.52. The zero-order chi connectivity index (χ0) is 17.5. The van der Waals surface area contributed by atoms with Crippen LogP contribution >= 0.6 is 0 Å². The molecule has 3 nitrogen and oxygen atoms in total. The normalized spacial score (nSPS) is 20.4. The summed E-state index contributed by atoms with van der Waals surface area (Å²) in [5, 5.41) is 0. The molecule has 0 aliphatic carbocycles. The van der Waals surface area contributed by atoms with E-state index in [1.165, 1.54) is 24.3 Å². The number of carbonyl (C=O) groups is 1. The largest absolute Gasteiger partial charge is 0.404 e. The molecule has 1 aromatic rings. The first-order chi connectivity index (χ1) is 10.5. The zero-order valence-corrected chi connectivity index (χ0v) is 11.8. The highest BCUT2D eigenvalue weighted by Crippen LogP contribution is 2.56. The number of nitrogens with two attached hydrogens (primary N) is 1. The quantitative estimate of drug-likeness (QED) is 0.860. The number of halogens is 6. The second-order valence-corrected chi connectivity index (χ2v) is 5.51. The molecule has 0 saturated carbocycles. The summed E-state index contributed by atoms with van der Waals surface area (Å²) in [5.74, 6) is -0.989. The SMILES string of the molecule is NC(=O)C(c1ccccc1)N1CCC(C(F)(F)F)(C(F)(F)F)C1. The van der Waals surface area contributed by atoms with Crippen molar-refractivity contribution in [3.8, 4) is 0 Å². The fourth-order valence-corrected chi connectivity index (χ4v) is 2.87. The van der Waals surface area contributed by atoms with Crippen LogP contribution in [-0.4, -0.2) is 36.2 Å². The zero-order valence-electron chi connectivity index (χ0n) is 11.8. The molecular weight excluding hydrogens is 326 g/mol. The van der Waals surface area contributed by atoms with Gasteiger partial charge in [0.05, 0.1) is 0 Å². The van der Waals surface area contributed by atoms with Gasteiger partial charge in [0.25, 0.3) is 0 Å². The number of carbonyl (C=O) groups excluding carboxylic acids is 1. The van der Waals surface area contributed by atoms with Gasteiger partial charge in [0.1, 0.15) is 6.04 Å². The van der Waals surface area contributed by atoms with Crippen molar-refractivity contribution < 1.29 is 31.1 Å². The summed E-state index contributed by atoms with van der Waals surface area (Å²) in [6.45, 7) is -1.87. The Kier molecular flexibility index (Phi) is 4.36. The van der Waals surface area contributed by atoms with Gasteiger partial charge in [0, 0.05) is 13.1 Å². The first kappa shape index (κ1) is 17.6. The van der Waals surface area contributed by atoms with Crippen molar-refractivity contribution in [2.75, 3.05) is 13.1 Å². The third-order valence-corrected chi connectivity index (χ3v) is 4.13. The van der Waals surface area contributed by atoms with Gasteiger partial charge < -0.3 is 5.73 Å². The number of alkyl halides is 6. The van der Waals surface area contributed by atoms with Gasteiger partial charge in [-0.2, -0.15) is 26.3 Å². The highest BCUT2D eigenvalue weighted by atomic mass is 19.4. The summed E-state index contributed by atoms with van der Waals surface area (Å²) in [5.41, 5.74) is 1.63. The van der Waals surface area contributed by atoms with Crippen molar-refractivity contribution in [1.29, 1.82) is 0 Å². The van der Waals surface area contributed by atoms with Crippen LogP contribution in [0.4, 0.5) is 26.3 Å². The standard InChI is InChI=1S/C14H14F6N2O/c15-13(16,17)12(14(18,19)20)6-7-22(8-12)10(11(21)23)9-4-2-1-3-5-9/h1-5,10H,6-8H2,(H2,21,23). The first-order valence-electron chi connectivity index (χ1n) is 6.71. The molecule has 0 aromatic heterocycles. The first-order valence-corrected chi connectivity index (χ1v) is 6.71. The summed E-state index contributed by atoms with van der Waals surface area (Å²) in [6, 6.07) is 6.22. The minimum Gasteiger partial charge on any atom is -0.368 e. The molecule has 2 N–H and O–H groups in total. The van der Waals surface area contributed by atoms with Crippen LogP contribution in [0.3, 0.4) is 0 Å². The van der Waals surface area contributed by atoms with Crippen LogP contribution in [0.25, 0.3) is 0 Å². The maximum absolute atomic E-state index is 13.1. The summed E-state index contributed by atoms with van der Waals surface area (Å²) in [4.78, 5) is 12.5. The molecule has 9 heteroatoms. The fourth-order valence-electron chi connectivity index (χ4n) is 2.87. The molecule has 0 spiro atoms. The van der Waals surface area contributed by atoms with E-state index < -0.39 is 49.2 Å². The van der Waals surface area contributed by atoms with Crippen LogP contribution in [0, 0.1) is 5.41 Å². The lowest BCUT2D eigenvalue weighted by atomic mass is 9.85. The minimum atomic E-state index is -5.46. The van der Waals surface area contributed by atoms with Crippen LogP contribution in [0.1, 0.15) is 18.0 Å². The second-order valence-electron chi connectivity index (χ2n) is 5.51. The Morgan fingerprint density at radius 3 is 2.00 bits per heavy atom. The molecule has 1 aliphatic heterocycles. The van der Waals surface area contributed by atoms with E-state index in [9.17, 15) is 31.1 Å². The van der Waals surface area contributed by atoms with Crippen LogP contribution in [0.5, 0.6) is 0 Å². The number of nitrogens with zero attached hydrogens (tertiary/aromatic N) is 1. The molecule has 1 heterocycles. The lowest BCUT2D eigenvalue weighted by Gasteiger charge is -2.34. The molecule has 1 amide bonds. The van der Waals surface area contributed by atoms with E-state index >= 15 is 0 Å². The lowest BCUT2D eigenvalue weighted by molar-refractivity contribution is -0.335. The van der Waals surface area contributed by atoms with Crippen molar-refractivity contribution >= 4 is 5.91 Å². The highest BCUT2D eigenvalue weighted by Gasteiger charge is 2.72. The Hall–Kier alpha value is -1.77. The molecule has 1 fully saturated rings. The van der Waals surface area contributed by atoms with E-state index in [-0.39, 0.29) is 5.56 Å². The monoisotopic (exact) mass is 340 g/mol. The number of primary amides is 1. The van der Waals surface area contributed by atoms with E-state index in [0.29, 0.717) is 0 Å². The van der Waals surface area contributed by atoms with Crippen molar-refractivity contribution in [3.63, 3.8) is 0 Å². The molecule has 1 unspecified atom stereocenters. The predicted molar refractivity (Wildman–Crippen MR) is 69.1 cm³/mol. The number of likely N-dealkylation sites (tertiary alicyclic amines) is 1. The van der Waals surface area contributed by atoms with E-state index in [0.717, 1.165) is 4.90 Å². The molecule has 128 valence electrons. The van der Waals surface area contributed by atoms with Gasteiger partial charge in [-0.1, -0.05) is 30.3 Å². The molecule has 0 bridgehead atoms. The number of benzene rings is 1. The van der Waals surface area contributed by atoms with E-state index in [1.807, 2.05) is 0 Å². The van der Waals surface area contributed by atoms with Crippen LogP contribution < -0.4 is 5.73 Å². The molecule has 0 radical (unpaired) electrons. The Morgan fingerprint density at radius 2 is 1.61 bits per heavy atom. The van der Waals surface area contributed by atoms with Gasteiger partial charge in [0.2, 0.25) is 5.91 Å². The van der Waals surface area contributed by atoms with Crippen LogP contribution in [0.15, 0.2) is 30.3 Å². The molecule has 1 aliphatic rings. The van der Waals surface area contributed by atoms with Gasteiger partial charge in [-0.25, -0.2) is 0 Å². The highest BCUT2D eigenvalue weighted by molar-refractivity contribution is 5.81. The van der Waals surface area contributed by atoms with Gasteiger partial charge in [-0.15, -0.1) is 0 Å². The van der Waals surface area contributed by atoms with Gasteiger partial charge >= 0.3 is 12.4 Å². The van der Waals surface area contributed by atoms with Crippen LogP contribution in [-0.2, 0) is 4.79 Å². The molecule has 2 rings (SSSR count). The van der Waals surface area contributed by atoms with Crippen molar-refractivity contribution in [2.24, 2.45) is 11.1 Å². The Balaban J connectivity index is 2.38. The van der Waals surface area contributed by atoms with E-state index in [1.54, 1.807) is 6.07 Å². The topological polar surface area (TPSA) is 46.3 Å². The van der Waals surface area contributed by atoms with Crippen molar-refractivity contribution in [2.45, 2.75) is 24.8 Å². The summed E-state index contributed by atoms with van der Waals surface area (Å²) < 4.78 is 78.5. The molecule has 23 heavy (non-hydrogen) atoms. The van der Waals surface area contributed by atoms with E-state index in [2.05, 4.69) is 0 Å². The molecule has 1 aromatic carbocycles. The Morgan fingerprint density at radius 1 is 1.09 bits per heavy atom. The average Bonchev–Trinajstić information content (AvgIpc) is 2.85. The van der Waals surface area contributed by atoms with Gasteiger partial charge in [-0.05, 0) is 12.0 Å². The minimum absolute atomic E-state index is 0.264. The number of hydrogen-bond acceptors (Lipinski definition) is 2. The third kappa shape index (κ3) is 3.01. The second kappa shape index (κ2) is 5.70. The fraction of sp³-hybridized carbons (Fsp3) is 0.500. The molecular formula is C14H14F6N2O. The third-order valence-electron chi connectivity index (χ3n) is 4.13. The number of rotatable bonds is 3. The Bertz CT molecular complexity index is 555. The van der Waals surface area contributed by atoms with Gasteiger partial charge in [-0.3, -0.25) is 9.69 Å². The summed E-state index contributed by atoms with van der Waals surface area (Å²) in [7, 11) is 0. The molecule has 1 atom stereocenters. The average molecular weight is 340 g/mol. The van der Waals surface area contributed by atoms with Crippen molar-refractivity contribution in [3.05, 3.63) is 35.9 Å². The van der Waals surface area contributed by atoms with Crippen molar-refractivity contribution in [1.82, 2.24) is 4.90 Å². The maximum Gasteiger partial charge on any atom is 0.404 e. The van der Waals surface area contributed by atoms with Crippen LogP contribution in [0.2, 0.25) is 0 Å². The number of hydrogen-bond donors (Lipinski definition) is 1. The van der Waals surface area contributed by atoms with E-state index in [4.69, 9.17) is 5.73 Å². The Labute approximate surface area is 128 Å². The maximum atomic E-state index is 13.1. The van der Waals surface area contributed by atoms with Gasteiger partial charge in [0.15, 0.2) is 5.41 Å². The summed E-state index contributed by atoms with van der Waals surface area (Å²) in [6.07, 6.45) is -12.1. The smallest absolute Gasteiger partial charge is 0.368 e. The summed E-state index contributed by atoms with van der Waals surface area (Å²) >= 11 is 0.